The molecule has 0 aromatic carbocycles. The van der Waals surface area contributed by atoms with Gasteiger partial charge in [-0.3, -0.25) is 4.79 Å². The summed E-state index contributed by atoms with van der Waals surface area (Å²) >= 11 is 0. The van der Waals surface area contributed by atoms with E-state index in [4.69, 9.17) is 4.74 Å². The van der Waals surface area contributed by atoms with E-state index < -0.39 is 0 Å². The van der Waals surface area contributed by atoms with Crippen molar-refractivity contribution in [2.24, 2.45) is 0 Å². The minimum absolute atomic E-state index is 0.0112. The molecule has 0 aliphatic heterocycles. The van der Waals surface area contributed by atoms with Crippen LogP contribution in [0, 0.1) is 0 Å². The molecule has 0 saturated carbocycles. The molecular formula is C43H86O2. The molecule has 0 aromatic heterocycles. The van der Waals surface area contributed by atoms with Crippen LogP contribution in [0.4, 0.5) is 0 Å². The first-order valence-corrected chi connectivity index (χ1v) is 21.5. The van der Waals surface area contributed by atoms with Gasteiger partial charge in [-0.05, 0) is 12.8 Å². The Bertz CT molecular complexity index is 530. The predicted molar refractivity (Wildman–Crippen MR) is 202 cm³/mol. The maximum atomic E-state index is 11.7. The van der Waals surface area contributed by atoms with Crippen LogP contribution >= 0.6 is 0 Å². The van der Waals surface area contributed by atoms with Gasteiger partial charge in [0.1, 0.15) is 0 Å². The number of unbranched alkanes of at least 4 members (excludes halogenated alkanes) is 36. The van der Waals surface area contributed by atoms with Crippen LogP contribution in [0.25, 0.3) is 0 Å². The minimum Gasteiger partial charge on any atom is -0.466 e. The number of esters is 1. The number of hydrogen-bond acceptors (Lipinski definition) is 2. The van der Waals surface area contributed by atoms with Gasteiger partial charge in [-0.15, -0.1) is 0 Å². The second-order valence-electron chi connectivity index (χ2n) is 14.7. The lowest BCUT2D eigenvalue weighted by Crippen LogP contribution is -2.05. The summed E-state index contributed by atoms with van der Waals surface area (Å²) in [6.07, 6.45) is 54.0. The maximum absolute atomic E-state index is 11.7. The molecule has 45 heavy (non-hydrogen) atoms. The predicted octanol–water partition coefficient (Wildman–Crippen LogP) is 15.8. The Labute approximate surface area is 285 Å². The Morgan fingerprint density at radius 2 is 0.489 bits per heavy atom. The molecule has 0 spiro atoms. The van der Waals surface area contributed by atoms with E-state index in [9.17, 15) is 4.79 Å². The molecule has 0 atom stereocenters. The van der Waals surface area contributed by atoms with E-state index in [1.807, 2.05) is 0 Å². The van der Waals surface area contributed by atoms with E-state index in [-0.39, 0.29) is 5.97 Å². The van der Waals surface area contributed by atoms with Crippen molar-refractivity contribution in [3.63, 3.8) is 0 Å². The SMILES string of the molecule is CCCCCCCCCCCCCCCCCCCCCCCCCCCCCCCCCCCCOC(=O)CCCCCC. The van der Waals surface area contributed by atoms with E-state index in [0.29, 0.717) is 13.0 Å². The van der Waals surface area contributed by atoms with Crippen LogP contribution in [0.15, 0.2) is 0 Å². The van der Waals surface area contributed by atoms with Crippen LogP contribution in [0.3, 0.4) is 0 Å². The quantitative estimate of drug-likeness (QED) is 0.0495. The van der Waals surface area contributed by atoms with Gasteiger partial charge in [-0.1, -0.05) is 245 Å². The van der Waals surface area contributed by atoms with Crippen molar-refractivity contribution in [3.05, 3.63) is 0 Å². The smallest absolute Gasteiger partial charge is 0.305 e. The molecule has 0 bridgehead atoms. The topological polar surface area (TPSA) is 26.3 Å². The van der Waals surface area contributed by atoms with Gasteiger partial charge in [-0.25, -0.2) is 0 Å². The largest absolute Gasteiger partial charge is 0.466 e. The summed E-state index contributed by atoms with van der Waals surface area (Å²) in [7, 11) is 0. The molecule has 2 nitrogen and oxygen atoms in total. The number of carbonyl (C=O) groups is 1. The highest BCUT2D eigenvalue weighted by Gasteiger charge is 2.02. The Morgan fingerprint density at radius 3 is 0.733 bits per heavy atom. The molecular weight excluding hydrogens is 548 g/mol. The van der Waals surface area contributed by atoms with E-state index >= 15 is 0 Å². The molecule has 0 radical (unpaired) electrons. The first-order valence-electron chi connectivity index (χ1n) is 21.5. The third-order valence-corrected chi connectivity index (χ3v) is 10.00. The fourth-order valence-electron chi connectivity index (χ4n) is 6.79. The van der Waals surface area contributed by atoms with Crippen LogP contribution < -0.4 is 0 Å². The number of rotatable bonds is 40. The number of carbonyl (C=O) groups excluding carboxylic acids is 1. The highest BCUT2D eigenvalue weighted by Crippen LogP contribution is 2.17. The highest BCUT2D eigenvalue weighted by atomic mass is 16.5. The van der Waals surface area contributed by atoms with Gasteiger partial charge in [0.15, 0.2) is 0 Å². The summed E-state index contributed by atoms with van der Waals surface area (Å²) in [5.74, 6) is 0.0112. The third kappa shape index (κ3) is 41.4. The monoisotopic (exact) mass is 635 g/mol. The molecule has 0 N–H and O–H groups in total. The lowest BCUT2D eigenvalue weighted by atomic mass is 10.0. The standard InChI is InChI=1S/C43H86O2/c1-3-5-7-9-10-11-12-13-14-15-16-17-18-19-20-21-22-23-24-25-26-27-28-29-30-31-32-33-34-35-36-37-38-40-42-45-43(44)41-39-8-6-4-2/h3-42H2,1-2H3. The first-order chi connectivity index (χ1) is 22.3. The van der Waals surface area contributed by atoms with Crippen molar-refractivity contribution in [1.82, 2.24) is 0 Å². The van der Waals surface area contributed by atoms with Gasteiger partial charge in [0, 0.05) is 6.42 Å². The zero-order chi connectivity index (χ0) is 32.6. The van der Waals surface area contributed by atoms with E-state index in [1.165, 1.54) is 225 Å². The summed E-state index contributed by atoms with van der Waals surface area (Å²) in [6, 6.07) is 0. The van der Waals surface area contributed by atoms with Gasteiger partial charge >= 0.3 is 5.97 Å². The minimum atomic E-state index is 0.0112. The maximum Gasteiger partial charge on any atom is 0.305 e. The normalized spacial score (nSPS) is 11.4. The van der Waals surface area contributed by atoms with Crippen LogP contribution in [0.2, 0.25) is 0 Å². The van der Waals surface area contributed by atoms with Crippen molar-refractivity contribution in [1.29, 1.82) is 0 Å². The molecule has 0 saturated heterocycles. The van der Waals surface area contributed by atoms with Gasteiger partial charge in [0.25, 0.3) is 0 Å². The second kappa shape index (κ2) is 41.5. The summed E-state index contributed by atoms with van der Waals surface area (Å²) in [4.78, 5) is 11.7. The summed E-state index contributed by atoms with van der Waals surface area (Å²) in [5, 5.41) is 0. The van der Waals surface area contributed by atoms with Crippen molar-refractivity contribution >= 4 is 5.97 Å². The van der Waals surface area contributed by atoms with E-state index in [1.54, 1.807) is 0 Å². The van der Waals surface area contributed by atoms with Crippen molar-refractivity contribution < 1.29 is 9.53 Å². The van der Waals surface area contributed by atoms with E-state index in [2.05, 4.69) is 13.8 Å². The highest BCUT2D eigenvalue weighted by molar-refractivity contribution is 5.69. The molecule has 2 heteroatoms. The van der Waals surface area contributed by atoms with Gasteiger partial charge in [0.05, 0.1) is 6.61 Å². The van der Waals surface area contributed by atoms with E-state index in [0.717, 1.165) is 19.3 Å². The van der Waals surface area contributed by atoms with Crippen LogP contribution in [0.5, 0.6) is 0 Å². The number of ether oxygens (including phenoxy) is 1. The molecule has 0 fully saturated rings. The molecule has 0 aliphatic carbocycles. The molecule has 0 aliphatic rings. The lowest BCUT2D eigenvalue weighted by Gasteiger charge is -2.05. The molecule has 0 heterocycles. The second-order valence-corrected chi connectivity index (χ2v) is 14.7. The molecule has 0 aromatic rings. The molecule has 0 rings (SSSR count). The van der Waals surface area contributed by atoms with Gasteiger partial charge in [-0.2, -0.15) is 0 Å². The van der Waals surface area contributed by atoms with Gasteiger partial charge in [0.2, 0.25) is 0 Å². The van der Waals surface area contributed by atoms with Crippen LogP contribution in [-0.2, 0) is 9.53 Å². The Hall–Kier alpha value is -0.530. The third-order valence-electron chi connectivity index (χ3n) is 10.00. The Balaban J connectivity index is 3.07. The molecule has 0 unspecified atom stereocenters. The fraction of sp³-hybridized carbons (Fsp3) is 0.977. The van der Waals surface area contributed by atoms with Crippen molar-refractivity contribution in [2.45, 2.75) is 264 Å². The average Bonchev–Trinajstić information content (AvgIpc) is 3.05. The van der Waals surface area contributed by atoms with Gasteiger partial charge < -0.3 is 4.74 Å². The molecule has 0 amide bonds. The van der Waals surface area contributed by atoms with Crippen molar-refractivity contribution in [3.8, 4) is 0 Å². The average molecular weight is 635 g/mol. The number of hydrogen-bond donors (Lipinski definition) is 0. The fourth-order valence-corrected chi connectivity index (χ4v) is 6.79. The zero-order valence-electron chi connectivity index (χ0n) is 31.6. The Morgan fingerprint density at radius 1 is 0.289 bits per heavy atom. The zero-order valence-corrected chi connectivity index (χ0v) is 31.6. The summed E-state index contributed by atoms with van der Waals surface area (Å²) < 4.78 is 5.35. The summed E-state index contributed by atoms with van der Waals surface area (Å²) in [6.45, 7) is 5.14. The Kier molecular flexibility index (Phi) is 41.0. The van der Waals surface area contributed by atoms with Crippen molar-refractivity contribution in [2.75, 3.05) is 6.61 Å². The van der Waals surface area contributed by atoms with Crippen LogP contribution in [-0.4, -0.2) is 12.6 Å². The van der Waals surface area contributed by atoms with Crippen LogP contribution in [0.1, 0.15) is 264 Å². The molecule has 270 valence electrons. The lowest BCUT2D eigenvalue weighted by molar-refractivity contribution is -0.143. The summed E-state index contributed by atoms with van der Waals surface area (Å²) in [5.41, 5.74) is 0. The first kappa shape index (κ1) is 44.5.